The van der Waals surface area contributed by atoms with Crippen molar-refractivity contribution in [3.63, 3.8) is 0 Å². The third-order valence-corrected chi connectivity index (χ3v) is 6.47. The van der Waals surface area contributed by atoms with Gasteiger partial charge in [-0.15, -0.1) is 11.3 Å². The first-order valence-electron chi connectivity index (χ1n) is 8.25. The van der Waals surface area contributed by atoms with E-state index in [1.807, 2.05) is 19.1 Å². The number of esters is 1. The zero-order chi connectivity index (χ0) is 18.3. The molecule has 134 valence electrons. The Kier molecular flexibility index (Phi) is 4.69. The first-order chi connectivity index (χ1) is 11.8. The molecule has 3 aliphatic rings. The van der Waals surface area contributed by atoms with Crippen molar-refractivity contribution in [3.8, 4) is 0 Å². The molecule has 0 spiro atoms. The minimum atomic E-state index is -0.939. The van der Waals surface area contributed by atoms with Crippen LogP contribution in [-0.2, 0) is 14.3 Å². The van der Waals surface area contributed by atoms with Crippen LogP contribution in [0.2, 0.25) is 0 Å². The first kappa shape index (κ1) is 17.7. The lowest BCUT2D eigenvalue weighted by atomic mass is 9.62. The van der Waals surface area contributed by atoms with Gasteiger partial charge in [0, 0.05) is 4.88 Å². The highest BCUT2D eigenvalue weighted by Crippen LogP contribution is 2.46. The molecule has 25 heavy (non-hydrogen) atoms. The topological polar surface area (TPSA) is 92.7 Å². The number of carbonyl (C=O) groups excluding carboxylic acids is 2. The Morgan fingerprint density at radius 2 is 1.76 bits per heavy atom. The van der Waals surface area contributed by atoms with Crippen LogP contribution in [0.4, 0.5) is 5.00 Å². The number of aryl methyl sites for hydroxylation is 1. The van der Waals surface area contributed by atoms with Crippen LogP contribution in [0.1, 0.15) is 33.6 Å². The van der Waals surface area contributed by atoms with Gasteiger partial charge in [-0.2, -0.15) is 0 Å². The molecular formula is C18H21NO5S. The number of rotatable bonds is 4. The van der Waals surface area contributed by atoms with Crippen LogP contribution in [0.3, 0.4) is 0 Å². The van der Waals surface area contributed by atoms with Crippen LogP contribution in [0, 0.1) is 37.5 Å². The maximum atomic E-state index is 12.9. The molecule has 4 atom stereocenters. The van der Waals surface area contributed by atoms with Gasteiger partial charge in [0.25, 0.3) is 0 Å². The second kappa shape index (κ2) is 6.63. The van der Waals surface area contributed by atoms with E-state index in [0.717, 1.165) is 23.3 Å². The summed E-state index contributed by atoms with van der Waals surface area (Å²) in [5, 5.41) is 12.8. The summed E-state index contributed by atoms with van der Waals surface area (Å²) in [5.74, 6) is -3.29. The van der Waals surface area contributed by atoms with Crippen LogP contribution in [0.25, 0.3) is 0 Å². The molecule has 3 aliphatic carbocycles. The molecule has 2 N–H and O–H groups in total. The van der Waals surface area contributed by atoms with Crippen LogP contribution in [0.15, 0.2) is 12.2 Å². The second-order valence-electron chi connectivity index (χ2n) is 6.65. The fourth-order valence-electron chi connectivity index (χ4n) is 3.95. The van der Waals surface area contributed by atoms with E-state index >= 15 is 0 Å². The number of fused-ring (bicyclic) bond motifs is 2. The second-order valence-corrected chi connectivity index (χ2v) is 7.87. The van der Waals surface area contributed by atoms with E-state index in [4.69, 9.17) is 4.74 Å². The molecule has 1 aromatic heterocycles. The number of amides is 1. The van der Waals surface area contributed by atoms with Gasteiger partial charge in [0.15, 0.2) is 0 Å². The van der Waals surface area contributed by atoms with E-state index in [1.165, 1.54) is 18.4 Å². The summed E-state index contributed by atoms with van der Waals surface area (Å²) in [5.41, 5.74) is 1.12. The number of allylic oxidation sites excluding steroid dienone is 2. The van der Waals surface area contributed by atoms with Crippen LogP contribution in [0.5, 0.6) is 0 Å². The Hall–Kier alpha value is -2.15. The number of aliphatic carboxylic acids is 1. The van der Waals surface area contributed by atoms with Crippen LogP contribution >= 0.6 is 11.3 Å². The van der Waals surface area contributed by atoms with Gasteiger partial charge in [-0.05, 0) is 44.1 Å². The quantitative estimate of drug-likeness (QED) is 0.634. The number of carbonyl (C=O) groups is 3. The largest absolute Gasteiger partial charge is 0.481 e. The molecule has 0 aromatic carbocycles. The highest BCUT2D eigenvalue weighted by atomic mass is 32.1. The monoisotopic (exact) mass is 363 g/mol. The van der Waals surface area contributed by atoms with Gasteiger partial charge in [-0.25, -0.2) is 4.79 Å². The molecule has 1 heterocycles. The molecule has 1 saturated carbocycles. The van der Waals surface area contributed by atoms with Crippen molar-refractivity contribution < 1.29 is 24.2 Å². The summed E-state index contributed by atoms with van der Waals surface area (Å²) in [6.07, 6.45) is 5.50. The number of hydrogen-bond acceptors (Lipinski definition) is 5. The van der Waals surface area contributed by atoms with Crippen molar-refractivity contribution in [2.75, 3.05) is 12.4 Å². The zero-order valence-electron chi connectivity index (χ0n) is 14.4. The summed E-state index contributed by atoms with van der Waals surface area (Å²) in [6.45, 7) is 3.67. The summed E-state index contributed by atoms with van der Waals surface area (Å²) in [6, 6.07) is 0. The molecule has 1 amide bonds. The van der Waals surface area contributed by atoms with Gasteiger partial charge in [-0.3, -0.25) is 9.59 Å². The maximum Gasteiger partial charge on any atom is 0.341 e. The van der Waals surface area contributed by atoms with E-state index in [0.29, 0.717) is 10.6 Å². The zero-order valence-corrected chi connectivity index (χ0v) is 15.2. The van der Waals surface area contributed by atoms with Gasteiger partial charge in [-0.1, -0.05) is 12.2 Å². The smallest absolute Gasteiger partial charge is 0.341 e. The highest BCUT2D eigenvalue weighted by molar-refractivity contribution is 7.16. The number of thiophene rings is 1. The summed E-state index contributed by atoms with van der Waals surface area (Å²) >= 11 is 1.31. The molecule has 0 radical (unpaired) electrons. The molecule has 1 aromatic rings. The summed E-state index contributed by atoms with van der Waals surface area (Å²) < 4.78 is 4.82. The molecule has 7 heteroatoms. The number of carboxylic acids is 1. The Balaban J connectivity index is 1.90. The molecule has 1 fully saturated rings. The highest BCUT2D eigenvalue weighted by Gasteiger charge is 2.48. The average Bonchev–Trinajstić information content (AvgIpc) is 2.88. The fraction of sp³-hybridized carbons (Fsp3) is 0.500. The predicted molar refractivity (Wildman–Crippen MR) is 93.7 cm³/mol. The number of anilines is 1. The number of methoxy groups -OCH3 is 1. The third-order valence-electron chi connectivity index (χ3n) is 5.35. The van der Waals surface area contributed by atoms with Crippen LogP contribution < -0.4 is 5.32 Å². The summed E-state index contributed by atoms with van der Waals surface area (Å²) in [7, 11) is 1.30. The maximum absolute atomic E-state index is 12.9. The summed E-state index contributed by atoms with van der Waals surface area (Å²) in [4.78, 5) is 37.6. The molecule has 2 bridgehead atoms. The number of ether oxygens (including phenoxy) is 1. The van der Waals surface area contributed by atoms with Crippen molar-refractivity contribution in [1.82, 2.24) is 0 Å². The standard InChI is InChI=1S/C18H21NO5S/c1-8-9(2)25-16(12(8)18(23)24-3)19-15(20)13-10-4-6-11(7-5-10)14(13)17(21)22/h4,6,10-11,13-14H,5,7H2,1-3H3,(H,19,20)(H,21,22)/t10-,11-,13-,14-/m0/s1. The number of carboxylic acid groups (broad SMARTS) is 1. The lowest BCUT2D eigenvalue weighted by molar-refractivity contribution is -0.151. The van der Waals surface area contributed by atoms with Gasteiger partial charge in [0.05, 0.1) is 24.5 Å². The molecular weight excluding hydrogens is 342 g/mol. The molecule has 4 rings (SSSR count). The minimum Gasteiger partial charge on any atom is -0.481 e. The average molecular weight is 363 g/mol. The minimum absolute atomic E-state index is 0.0742. The number of nitrogens with one attached hydrogen (secondary N) is 1. The lowest BCUT2D eigenvalue weighted by Gasteiger charge is -2.41. The molecule has 0 aliphatic heterocycles. The Bertz CT molecular complexity index is 766. The Labute approximate surface area is 149 Å². The number of hydrogen-bond donors (Lipinski definition) is 2. The van der Waals surface area contributed by atoms with E-state index < -0.39 is 23.8 Å². The van der Waals surface area contributed by atoms with E-state index in [-0.39, 0.29) is 17.7 Å². The SMILES string of the molecule is COC(=O)c1c(NC(=O)[C@@H]2[C@@H](C(=O)O)[C@H]3C=C[C@H]2CC3)sc(C)c1C. The van der Waals surface area contributed by atoms with Gasteiger partial charge in [0.2, 0.25) is 5.91 Å². The molecule has 0 saturated heterocycles. The Morgan fingerprint density at radius 3 is 2.28 bits per heavy atom. The van der Waals surface area contributed by atoms with Crippen LogP contribution in [-0.4, -0.2) is 30.1 Å². The van der Waals surface area contributed by atoms with Crippen molar-refractivity contribution in [2.45, 2.75) is 26.7 Å². The van der Waals surface area contributed by atoms with Gasteiger partial charge >= 0.3 is 11.9 Å². The first-order valence-corrected chi connectivity index (χ1v) is 9.07. The van der Waals surface area contributed by atoms with Gasteiger partial charge < -0.3 is 15.2 Å². The fourth-order valence-corrected chi connectivity index (χ4v) is 5.00. The van der Waals surface area contributed by atoms with Crippen molar-refractivity contribution in [2.24, 2.45) is 23.7 Å². The lowest BCUT2D eigenvalue weighted by Crippen LogP contribution is -2.47. The molecule has 6 nitrogen and oxygen atoms in total. The van der Waals surface area contributed by atoms with Crippen molar-refractivity contribution >= 4 is 34.2 Å². The normalized spacial score (nSPS) is 27.2. The van der Waals surface area contributed by atoms with E-state index in [1.54, 1.807) is 6.92 Å². The Morgan fingerprint density at radius 1 is 1.16 bits per heavy atom. The van der Waals surface area contributed by atoms with E-state index in [2.05, 4.69) is 5.32 Å². The van der Waals surface area contributed by atoms with Gasteiger partial charge in [0.1, 0.15) is 5.00 Å². The molecule has 0 unspecified atom stereocenters. The van der Waals surface area contributed by atoms with Crippen molar-refractivity contribution in [3.05, 3.63) is 28.2 Å². The third kappa shape index (κ3) is 2.97. The van der Waals surface area contributed by atoms with E-state index in [9.17, 15) is 19.5 Å². The predicted octanol–water partition coefficient (Wildman–Crippen LogP) is 3.00. The van der Waals surface area contributed by atoms with Crippen molar-refractivity contribution in [1.29, 1.82) is 0 Å².